The number of nitrogens with one attached hydrogen (secondary N) is 1. The van der Waals surface area contributed by atoms with Crippen LogP contribution in [0.1, 0.15) is 73.3 Å². The number of pyridine rings is 2. The van der Waals surface area contributed by atoms with Crippen LogP contribution in [0.5, 0.6) is 0 Å². The fourth-order valence-corrected chi connectivity index (χ4v) is 5.09. The van der Waals surface area contributed by atoms with Gasteiger partial charge in [-0.3, -0.25) is 9.78 Å². The largest absolute Gasteiger partial charge is 0.347 e. The van der Waals surface area contributed by atoms with Crippen molar-refractivity contribution in [2.24, 2.45) is 0 Å². The molecule has 6 nitrogen and oxygen atoms in total. The molecule has 4 saturated carbocycles. The number of aromatic nitrogens is 3. The average Bonchev–Trinajstić information content (AvgIpc) is 3.53. The zero-order chi connectivity index (χ0) is 20.3. The van der Waals surface area contributed by atoms with Crippen LogP contribution in [0.2, 0.25) is 0 Å². The summed E-state index contributed by atoms with van der Waals surface area (Å²) >= 11 is 0. The maximum Gasteiger partial charge on any atom is 0.259 e. The van der Waals surface area contributed by atoms with Gasteiger partial charge in [0, 0.05) is 29.4 Å². The van der Waals surface area contributed by atoms with Crippen molar-refractivity contribution in [1.82, 2.24) is 20.4 Å². The van der Waals surface area contributed by atoms with Gasteiger partial charge in [0.05, 0.1) is 22.3 Å². The number of carbonyl (C=O) groups is 1. The number of amides is 1. The molecule has 7 rings (SSSR count). The Bertz CT molecular complexity index is 1110. The molecule has 4 aliphatic rings. The van der Waals surface area contributed by atoms with E-state index in [4.69, 9.17) is 4.52 Å². The van der Waals surface area contributed by atoms with E-state index in [9.17, 15) is 9.18 Å². The molecule has 0 atom stereocenters. The predicted molar refractivity (Wildman–Crippen MR) is 109 cm³/mol. The van der Waals surface area contributed by atoms with Crippen molar-refractivity contribution in [2.45, 2.75) is 68.5 Å². The van der Waals surface area contributed by atoms with Crippen molar-refractivity contribution >= 4 is 17.0 Å². The van der Waals surface area contributed by atoms with E-state index in [1.807, 2.05) is 18.2 Å². The number of nitrogens with zero attached hydrogens (tertiary/aromatic N) is 3. The Labute approximate surface area is 173 Å². The number of alkyl halides is 1. The highest BCUT2D eigenvalue weighted by molar-refractivity contribution is 6.07. The van der Waals surface area contributed by atoms with E-state index in [0.717, 1.165) is 24.1 Å². The van der Waals surface area contributed by atoms with Crippen molar-refractivity contribution in [2.75, 3.05) is 0 Å². The lowest BCUT2D eigenvalue weighted by Gasteiger charge is -2.49. The number of carbonyl (C=O) groups excluding carboxylic acids is 1. The third kappa shape index (κ3) is 2.90. The molecule has 4 fully saturated rings. The van der Waals surface area contributed by atoms with E-state index in [2.05, 4.69) is 20.4 Å². The molecule has 0 spiro atoms. The fourth-order valence-electron chi connectivity index (χ4n) is 5.09. The molecular weight excluding hydrogens is 383 g/mol. The van der Waals surface area contributed by atoms with Gasteiger partial charge < -0.3 is 9.84 Å². The molecule has 30 heavy (non-hydrogen) atoms. The molecule has 0 aromatic carbocycles. The van der Waals surface area contributed by atoms with Crippen LogP contribution in [0.25, 0.3) is 22.4 Å². The average molecular weight is 406 g/mol. The molecular formula is C23H23FN4O2. The van der Waals surface area contributed by atoms with Crippen LogP contribution in [0.4, 0.5) is 4.39 Å². The molecule has 3 aromatic heterocycles. The van der Waals surface area contributed by atoms with E-state index >= 15 is 0 Å². The number of halogens is 1. The summed E-state index contributed by atoms with van der Waals surface area (Å²) in [7, 11) is 0. The second-order valence-electron chi connectivity index (χ2n) is 9.20. The lowest BCUT2D eigenvalue weighted by Crippen LogP contribution is -2.57. The molecule has 1 amide bonds. The molecule has 154 valence electrons. The van der Waals surface area contributed by atoms with Gasteiger partial charge >= 0.3 is 0 Å². The molecule has 0 radical (unpaired) electrons. The summed E-state index contributed by atoms with van der Waals surface area (Å²) in [5.74, 6) is 0.185. The second kappa shape index (κ2) is 6.33. The summed E-state index contributed by atoms with van der Waals surface area (Å²) in [4.78, 5) is 22.3. The summed E-state index contributed by atoms with van der Waals surface area (Å²) in [6, 6.07) is 5.56. The summed E-state index contributed by atoms with van der Waals surface area (Å²) in [5, 5.41) is 8.25. The quantitative estimate of drug-likeness (QED) is 0.679. The van der Waals surface area contributed by atoms with Crippen LogP contribution in [0, 0.1) is 0 Å². The minimum atomic E-state index is -1.03. The van der Waals surface area contributed by atoms with Gasteiger partial charge in [-0.1, -0.05) is 5.16 Å². The van der Waals surface area contributed by atoms with E-state index < -0.39 is 5.67 Å². The molecule has 7 heteroatoms. The monoisotopic (exact) mass is 406 g/mol. The van der Waals surface area contributed by atoms with E-state index in [1.54, 1.807) is 12.4 Å². The Balaban J connectivity index is 1.42. The first-order valence-corrected chi connectivity index (χ1v) is 10.8. The van der Waals surface area contributed by atoms with Gasteiger partial charge in [0.25, 0.3) is 11.6 Å². The van der Waals surface area contributed by atoms with Gasteiger partial charge in [-0.2, -0.15) is 0 Å². The third-order valence-corrected chi connectivity index (χ3v) is 7.17. The Hall–Kier alpha value is -2.83. The summed E-state index contributed by atoms with van der Waals surface area (Å²) in [5.41, 5.74) is 1.85. The number of hydrogen-bond donors (Lipinski definition) is 1. The van der Waals surface area contributed by atoms with E-state index in [1.165, 1.54) is 0 Å². The number of fused-ring (bicyclic) bond motifs is 4. The van der Waals surface area contributed by atoms with Crippen molar-refractivity contribution in [1.29, 1.82) is 0 Å². The fraction of sp³-hybridized carbons (Fsp3) is 0.478. The highest BCUT2D eigenvalue weighted by Crippen LogP contribution is 2.49. The lowest BCUT2D eigenvalue weighted by molar-refractivity contribution is -0.00648. The molecule has 0 aliphatic heterocycles. The van der Waals surface area contributed by atoms with Gasteiger partial charge in [-0.05, 0) is 69.6 Å². The first-order chi connectivity index (χ1) is 14.5. The van der Waals surface area contributed by atoms with Crippen molar-refractivity contribution in [3.63, 3.8) is 0 Å². The van der Waals surface area contributed by atoms with Gasteiger partial charge in [-0.15, -0.1) is 0 Å². The first kappa shape index (κ1) is 18.0. The topological polar surface area (TPSA) is 80.9 Å². The molecule has 4 aliphatic carbocycles. The SMILES string of the molecule is O=C(NC12CCC(F)(CC1)CC2)c1cc(-c2cccnc2)nc2onc(C3CC3)c12. The summed E-state index contributed by atoms with van der Waals surface area (Å²) < 4.78 is 20.1. The summed E-state index contributed by atoms with van der Waals surface area (Å²) in [6.45, 7) is 0. The molecule has 0 unspecified atom stereocenters. The van der Waals surface area contributed by atoms with E-state index in [0.29, 0.717) is 66.8 Å². The zero-order valence-electron chi connectivity index (χ0n) is 16.7. The van der Waals surface area contributed by atoms with E-state index in [-0.39, 0.29) is 11.4 Å². The van der Waals surface area contributed by atoms with Crippen LogP contribution < -0.4 is 5.32 Å². The molecule has 3 aromatic rings. The van der Waals surface area contributed by atoms with Gasteiger partial charge in [0.1, 0.15) is 5.67 Å². The van der Waals surface area contributed by atoms with Crippen LogP contribution >= 0.6 is 0 Å². The van der Waals surface area contributed by atoms with Crippen LogP contribution in [-0.2, 0) is 0 Å². The van der Waals surface area contributed by atoms with Crippen molar-refractivity contribution in [3.05, 3.63) is 41.9 Å². The zero-order valence-corrected chi connectivity index (χ0v) is 16.7. The minimum Gasteiger partial charge on any atom is -0.347 e. The smallest absolute Gasteiger partial charge is 0.259 e. The third-order valence-electron chi connectivity index (χ3n) is 7.17. The van der Waals surface area contributed by atoms with Gasteiger partial charge in [0.2, 0.25) is 0 Å². The van der Waals surface area contributed by atoms with Gasteiger partial charge in [-0.25, -0.2) is 9.37 Å². The molecule has 3 heterocycles. The highest BCUT2D eigenvalue weighted by Gasteiger charge is 2.50. The Morgan fingerprint density at radius 1 is 1.17 bits per heavy atom. The maximum absolute atomic E-state index is 14.6. The Kier molecular flexibility index (Phi) is 3.80. The lowest BCUT2D eigenvalue weighted by atomic mass is 9.64. The van der Waals surface area contributed by atoms with Crippen LogP contribution in [0.3, 0.4) is 0 Å². The Morgan fingerprint density at radius 3 is 2.60 bits per heavy atom. The molecule has 2 bridgehead atoms. The molecule has 0 saturated heterocycles. The van der Waals surface area contributed by atoms with Crippen LogP contribution in [0.15, 0.2) is 35.1 Å². The van der Waals surface area contributed by atoms with Crippen LogP contribution in [-0.4, -0.2) is 32.2 Å². The number of rotatable bonds is 4. The standard InChI is InChI=1S/C23H23FN4O2/c24-22-5-8-23(9-6-22,10-7-22)27-20(29)16-12-17(15-2-1-11-25-13-15)26-21-18(16)19(28-30-21)14-3-4-14/h1-2,11-14H,3-10H2,(H,27,29). The second-order valence-corrected chi connectivity index (χ2v) is 9.20. The Morgan fingerprint density at radius 2 is 1.93 bits per heavy atom. The van der Waals surface area contributed by atoms with Crippen molar-refractivity contribution < 1.29 is 13.7 Å². The highest BCUT2D eigenvalue weighted by atomic mass is 19.1. The normalized spacial score (nSPS) is 28.0. The van der Waals surface area contributed by atoms with Crippen molar-refractivity contribution in [3.8, 4) is 11.3 Å². The molecule has 1 N–H and O–H groups in total. The predicted octanol–water partition coefficient (Wildman–Crippen LogP) is 4.71. The maximum atomic E-state index is 14.6. The number of hydrogen-bond acceptors (Lipinski definition) is 5. The van der Waals surface area contributed by atoms with Gasteiger partial charge in [0.15, 0.2) is 0 Å². The summed E-state index contributed by atoms with van der Waals surface area (Å²) in [6.07, 6.45) is 9.18. The minimum absolute atomic E-state index is 0.147. The first-order valence-electron chi connectivity index (χ1n) is 10.8.